The fourth-order valence-corrected chi connectivity index (χ4v) is 2.69. The molecule has 0 aliphatic carbocycles. The normalized spacial score (nSPS) is 19.1. The summed E-state index contributed by atoms with van der Waals surface area (Å²) in [5, 5.41) is 4.03. The largest absolute Gasteiger partial charge is 0.493 e. The number of benzene rings is 1. The van der Waals surface area contributed by atoms with Crippen LogP contribution in [0.5, 0.6) is 5.75 Å². The fourth-order valence-electron chi connectivity index (χ4n) is 2.69. The minimum absolute atomic E-state index is 0.151. The van der Waals surface area contributed by atoms with Gasteiger partial charge in [-0.2, -0.15) is 0 Å². The second kappa shape index (κ2) is 6.05. The summed E-state index contributed by atoms with van der Waals surface area (Å²) in [4.78, 5) is 18.6. The highest BCUT2D eigenvalue weighted by Gasteiger charge is 2.13. The van der Waals surface area contributed by atoms with Crippen LogP contribution >= 0.6 is 0 Å². The monoisotopic (exact) mass is 273 g/mol. The van der Waals surface area contributed by atoms with Crippen molar-refractivity contribution in [3.05, 3.63) is 34.9 Å². The van der Waals surface area contributed by atoms with Crippen molar-refractivity contribution in [3.63, 3.8) is 0 Å². The van der Waals surface area contributed by atoms with Gasteiger partial charge in [-0.1, -0.05) is 12.5 Å². The van der Waals surface area contributed by atoms with Crippen LogP contribution in [0, 0.1) is 0 Å². The van der Waals surface area contributed by atoms with Crippen LogP contribution < -0.4 is 15.6 Å². The lowest BCUT2D eigenvalue weighted by Crippen LogP contribution is -2.35. The molecule has 1 atom stereocenters. The Morgan fingerprint density at radius 1 is 1.35 bits per heavy atom. The van der Waals surface area contributed by atoms with Crippen LogP contribution in [-0.4, -0.2) is 29.2 Å². The maximum atomic E-state index is 11.9. The van der Waals surface area contributed by atoms with Crippen LogP contribution in [0.4, 0.5) is 0 Å². The number of hydrogen-bond acceptors (Lipinski definition) is 4. The van der Waals surface area contributed by atoms with Crippen molar-refractivity contribution in [1.82, 2.24) is 15.3 Å². The van der Waals surface area contributed by atoms with E-state index in [2.05, 4.69) is 15.3 Å². The topological polar surface area (TPSA) is 67.0 Å². The van der Waals surface area contributed by atoms with E-state index in [1.54, 1.807) is 0 Å². The third-order valence-corrected chi connectivity index (χ3v) is 3.77. The minimum Gasteiger partial charge on any atom is -0.493 e. The summed E-state index contributed by atoms with van der Waals surface area (Å²) in [7, 11) is 0. The number of rotatable bonds is 4. The van der Waals surface area contributed by atoms with Gasteiger partial charge in [0.1, 0.15) is 11.1 Å². The van der Waals surface area contributed by atoms with Gasteiger partial charge in [-0.3, -0.25) is 4.79 Å². The van der Waals surface area contributed by atoms with Gasteiger partial charge in [0, 0.05) is 6.04 Å². The number of piperidine rings is 1. The number of aromatic amines is 1. The molecule has 5 nitrogen and oxygen atoms in total. The third kappa shape index (κ3) is 2.82. The number of hydrogen-bond donors (Lipinski definition) is 2. The first-order valence-corrected chi connectivity index (χ1v) is 7.17. The molecule has 1 aliphatic heterocycles. The van der Waals surface area contributed by atoms with Crippen molar-refractivity contribution in [1.29, 1.82) is 0 Å². The average Bonchev–Trinajstić information content (AvgIpc) is 2.49. The summed E-state index contributed by atoms with van der Waals surface area (Å²) in [6, 6.07) is 6.05. The zero-order chi connectivity index (χ0) is 13.8. The molecule has 1 aliphatic rings. The fraction of sp³-hybridized carbons (Fsp3) is 0.467. The first-order chi connectivity index (χ1) is 9.84. The van der Waals surface area contributed by atoms with Gasteiger partial charge in [0.05, 0.1) is 18.5 Å². The molecule has 1 aromatic carbocycles. The van der Waals surface area contributed by atoms with Crippen molar-refractivity contribution in [2.75, 3.05) is 13.2 Å². The number of nitrogens with one attached hydrogen (secondary N) is 2. The lowest BCUT2D eigenvalue weighted by atomic mass is 10.0. The molecule has 106 valence electrons. The summed E-state index contributed by atoms with van der Waals surface area (Å²) >= 11 is 0. The Labute approximate surface area is 117 Å². The maximum Gasteiger partial charge on any atom is 0.262 e. The number of aromatic nitrogens is 2. The van der Waals surface area contributed by atoms with Crippen molar-refractivity contribution in [2.24, 2.45) is 0 Å². The van der Waals surface area contributed by atoms with E-state index < -0.39 is 0 Å². The third-order valence-electron chi connectivity index (χ3n) is 3.77. The number of nitrogens with zero attached hydrogens (tertiary/aromatic N) is 1. The summed E-state index contributed by atoms with van der Waals surface area (Å²) in [5.74, 6) is 0.618. The van der Waals surface area contributed by atoms with Gasteiger partial charge < -0.3 is 15.0 Å². The summed E-state index contributed by atoms with van der Waals surface area (Å²) in [6.45, 7) is 1.72. The second-order valence-electron chi connectivity index (χ2n) is 5.17. The Hall–Kier alpha value is -1.88. The molecule has 0 radical (unpaired) electrons. The van der Waals surface area contributed by atoms with Crippen molar-refractivity contribution < 1.29 is 4.74 Å². The minimum atomic E-state index is -0.151. The van der Waals surface area contributed by atoms with E-state index in [-0.39, 0.29) is 5.56 Å². The van der Waals surface area contributed by atoms with E-state index in [1.165, 1.54) is 25.6 Å². The smallest absolute Gasteiger partial charge is 0.262 e. The molecule has 0 spiro atoms. The van der Waals surface area contributed by atoms with Crippen LogP contribution in [0.15, 0.2) is 29.3 Å². The molecule has 2 aromatic rings. The van der Waals surface area contributed by atoms with Crippen LogP contribution in [0.2, 0.25) is 0 Å². The maximum absolute atomic E-state index is 11.9. The zero-order valence-corrected chi connectivity index (χ0v) is 11.4. The van der Waals surface area contributed by atoms with Crippen molar-refractivity contribution in [3.8, 4) is 5.75 Å². The Balaban J connectivity index is 1.69. The number of fused-ring (bicyclic) bond motifs is 1. The Morgan fingerprint density at radius 3 is 3.15 bits per heavy atom. The molecular formula is C15H19N3O2. The van der Waals surface area contributed by atoms with E-state index in [1.807, 2.05) is 18.2 Å². The Bertz CT molecular complexity index is 627. The molecule has 2 heterocycles. The molecule has 20 heavy (non-hydrogen) atoms. The standard InChI is InChI=1S/C15H19N3O2/c19-15-14-12(17-10-18-15)5-3-6-13(14)20-9-7-11-4-1-2-8-16-11/h3,5-6,10-11,16H,1-2,4,7-9H2,(H,17,18,19). The molecule has 3 rings (SSSR count). The molecule has 0 amide bonds. The van der Waals surface area contributed by atoms with E-state index in [9.17, 15) is 4.79 Å². The molecule has 1 aromatic heterocycles. The molecule has 1 fully saturated rings. The molecule has 1 unspecified atom stereocenters. The van der Waals surface area contributed by atoms with Crippen LogP contribution in [-0.2, 0) is 0 Å². The van der Waals surface area contributed by atoms with E-state index in [4.69, 9.17) is 4.74 Å². The highest BCUT2D eigenvalue weighted by atomic mass is 16.5. The quantitative estimate of drug-likeness (QED) is 0.892. The van der Waals surface area contributed by atoms with Crippen LogP contribution in [0.25, 0.3) is 10.9 Å². The summed E-state index contributed by atoms with van der Waals surface area (Å²) in [6.07, 6.45) is 6.15. The summed E-state index contributed by atoms with van der Waals surface area (Å²) in [5.41, 5.74) is 0.517. The van der Waals surface area contributed by atoms with E-state index in [0.29, 0.717) is 29.3 Å². The molecule has 1 saturated heterocycles. The van der Waals surface area contributed by atoms with Gasteiger partial charge in [0.25, 0.3) is 5.56 Å². The van der Waals surface area contributed by atoms with Gasteiger partial charge >= 0.3 is 0 Å². The van der Waals surface area contributed by atoms with Crippen LogP contribution in [0.1, 0.15) is 25.7 Å². The van der Waals surface area contributed by atoms with E-state index >= 15 is 0 Å². The molecule has 0 bridgehead atoms. The van der Waals surface area contributed by atoms with Gasteiger partial charge in [-0.25, -0.2) is 4.98 Å². The summed E-state index contributed by atoms with van der Waals surface area (Å²) < 4.78 is 5.80. The Kier molecular flexibility index (Phi) is 3.97. The van der Waals surface area contributed by atoms with Crippen molar-refractivity contribution >= 4 is 10.9 Å². The first-order valence-electron chi connectivity index (χ1n) is 7.17. The number of ether oxygens (including phenoxy) is 1. The van der Waals surface area contributed by atoms with Gasteiger partial charge in [0.15, 0.2) is 0 Å². The average molecular weight is 273 g/mol. The predicted octanol–water partition coefficient (Wildman–Crippen LogP) is 1.83. The molecule has 0 saturated carbocycles. The van der Waals surface area contributed by atoms with Gasteiger partial charge in [0.2, 0.25) is 0 Å². The molecule has 2 N–H and O–H groups in total. The second-order valence-corrected chi connectivity index (χ2v) is 5.17. The van der Waals surface area contributed by atoms with Gasteiger partial charge in [-0.05, 0) is 37.9 Å². The first kappa shape index (κ1) is 13.1. The van der Waals surface area contributed by atoms with Crippen molar-refractivity contribution in [2.45, 2.75) is 31.7 Å². The lowest BCUT2D eigenvalue weighted by molar-refractivity contribution is 0.270. The lowest BCUT2D eigenvalue weighted by Gasteiger charge is -2.23. The number of H-pyrrole nitrogens is 1. The SMILES string of the molecule is O=c1[nH]cnc2cccc(OCCC3CCCCN3)c12. The van der Waals surface area contributed by atoms with E-state index in [0.717, 1.165) is 13.0 Å². The zero-order valence-electron chi connectivity index (χ0n) is 11.4. The van der Waals surface area contributed by atoms with Gasteiger partial charge in [-0.15, -0.1) is 0 Å². The predicted molar refractivity (Wildman–Crippen MR) is 78.1 cm³/mol. The highest BCUT2D eigenvalue weighted by Crippen LogP contribution is 2.20. The Morgan fingerprint density at radius 2 is 2.30 bits per heavy atom. The highest BCUT2D eigenvalue weighted by molar-refractivity contribution is 5.83. The molecular weight excluding hydrogens is 254 g/mol. The van der Waals surface area contributed by atoms with Crippen LogP contribution in [0.3, 0.4) is 0 Å². The molecule has 5 heteroatoms.